The van der Waals surface area contributed by atoms with Crippen molar-refractivity contribution in [1.82, 2.24) is 5.32 Å². The second-order valence-corrected chi connectivity index (χ2v) is 8.03. The van der Waals surface area contributed by atoms with Gasteiger partial charge in [-0.15, -0.1) is 5.10 Å². The van der Waals surface area contributed by atoms with Gasteiger partial charge in [0.2, 0.25) is 5.91 Å². The number of hydrogen-bond acceptors (Lipinski definition) is 7. The summed E-state index contributed by atoms with van der Waals surface area (Å²) >= 11 is 6.95. The molecular formula is C21H20ClN3O5S. The normalized spacial score (nSPS) is 17.2. The molecule has 0 saturated carbocycles. The molecule has 1 fully saturated rings. The van der Waals surface area contributed by atoms with Gasteiger partial charge >= 0.3 is 5.97 Å². The summed E-state index contributed by atoms with van der Waals surface area (Å²) in [4.78, 5) is 22.5. The van der Waals surface area contributed by atoms with Crippen LogP contribution in [0.3, 0.4) is 0 Å². The Balaban J connectivity index is 1.65. The Morgan fingerprint density at radius 2 is 2.00 bits per heavy atom. The van der Waals surface area contributed by atoms with Gasteiger partial charge in [-0.05, 0) is 48.4 Å². The highest BCUT2D eigenvalue weighted by Crippen LogP contribution is 2.29. The van der Waals surface area contributed by atoms with E-state index in [1.54, 1.807) is 30.3 Å². The molecule has 8 nitrogen and oxygen atoms in total. The third kappa shape index (κ3) is 6.73. The minimum atomic E-state index is -1.04. The van der Waals surface area contributed by atoms with Crippen LogP contribution in [0.5, 0.6) is 11.5 Å². The van der Waals surface area contributed by atoms with Crippen molar-refractivity contribution < 1.29 is 24.2 Å². The number of benzene rings is 2. The van der Waals surface area contributed by atoms with E-state index in [0.29, 0.717) is 29.7 Å². The standard InChI is InChI=1S/C21H20ClN3O5S/c1-2-29-17-9-14(5-8-16(17)30-12-13-3-6-15(22)7-4-13)11-23-25-21-24-20(28)18(31-21)10-19(26)27/h3-9,11,18H,2,10,12H2,1H3,(H,26,27)(H,24,25,28)/b23-11-/t18-/m0/s1. The van der Waals surface area contributed by atoms with E-state index in [2.05, 4.69) is 15.5 Å². The number of hydrogen-bond donors (Lipinski definition) is 2. The van der Waals surface area contributed by atoms with Crippen molar-refractivity contribution in [2.24, 2.45) is 10.2 Å². The van der Waals surface area contributed by atoms with Gasteiger partial charge in [-0.25, -0.2) is 0 Å². The lowest BCUT2D eigenvalue weighted by molar-refractivity contribution is -0.138. The summed E-state index contributed by atoms with van der Waals surface area (Å²) in [5.41, 5.74) is 1.70. The smallest absolute Gasteiger partial charge is 0.305 e. The topological polar surface area (TPSA) is 110 Å². The van der Waals surface area contributed by atoms with E-state index in [9.17, 15) is 9.59 Å². The average molecular weight is 462 g/mol. The molecule has 1 aliphatic heterocycles. The Hall–Kier alpha value is -3.04. The van der Waals surface area contributed by atoms with Crippen LogP contribution in [0, 0.1) is 0 Å². The van der Waals surface area contributed by atoms with E-state index in [1.807, 2.05) is 19.1 Å². The Labute approximate surface area is 188 Å². The highest BCUT2D eigenvalue weighted by Gasteiger charge is 2.32. The number of thioether (sulfide) groups is 1. The third-order valence-corrected chi connectivity index (χ3v) is 5.39. The lowest BCUT2D eigenvalue weighted by atomic mass is 10.2. The fourth-order valence-electron chi connectivity index (χ4n) is 2.63. The summed E-state index contributed by atoms with van der Waals surface area (Å²) in [5, 5.41) is 19.5. The summed E-state index contributed by atoms with van der Waals surface area (Å²) in [6.07, 6.45) is 1.24. The van der Waals surface area contributed by atoms with E-state index in [-0.39, 0.29) is 17.5 Å². The molecule has 0 radical (unpaired) electrons. The van der Waals surface area contributed by atoms with Crippen LogP contribution >= 0.6 is 23.4 Å². The van der Waals surface area contributed by atoms with Gasteiger partial charge < -0.3 is 19.9 Å². The Morgan fingerprint density at radius 1 is 1.23 bits per heavy atom. The van der Waals surface area contributed by atoms with Crippen molar-refractivity contribution in [2.75, 3.05) is 6.61 Å². The highest BCUT2D eigenvalue weighted by atomic mass is 35.5. The maximum absolute atomic E-state index is 11.7. The number of carboxylic acid groups (broad SMARTS) is 1. The summed E-state index contributed by atoms with van der Waals surface area (Å²) in [7, 11) is 0. The van der Waals surface area contributed by atoms with Gasteiger partial charge in [-0.1, -0.05) is 35.5 Å². The van der Waals surface area contributed by atoms with Crippen LogP contribution in [0.15, 0.2) is 52.7 Å². The Kier molecular flexibility index (Phi) is 7.91. The molecule has 1 saturated heterocycles. The van der Waals surface area contributed by atoms with Crippen LogP contribution in [0.25, 0.3) is 0 Å². The molecule has 10 heteroatoms. The van der Waals surface area contributed by atoms with Crippen molar-refractivity contribution in [1.29, 1.82) is 0 Å². The quantitative estimate of drug-likeness (QED) is 0.435. The zero-order valence-electron chi connectivity index (χ0n) is 16.6. The number of carbonyl (C=O) groups excluding carboxylic acids is 1. The number of carboxylic acids is 1. The zero-order valence-corrected chi connectivity index (χ0v) is 18.2. The van der Waals surface area contributed by atoms with Crippen molar-refractivity contribution in [2.45, 2.75) is 25.2 Å². The average Bonchev–Trinajstić information content (AvgIpc) is 3.07. The van der Waals surface area contributed by atoms with Gasteiger partial charge in [-0.2, -0.15) is 5.10 Å². The van der Waals surface area contributed by atoms with Crippen LogP contribution in [0.2, 0.25) is 5.02 Å². The molecule has 162 valence electrons. The molecule has 2 aromatic rings. The second-order valence-electron chi connectivity index (χ2n) is 6.40. The largest absolute Gasteiger partial charge is 0.490 e. The lowest BCUT2D eigenvalue weighted by Crippen LogP contribution is -2.26. The first kappa shape index (κ1) is 22.6. The number of carbonyl (C=O) groups is 2. The van der Waals surface area contributed by atoms with E-state index in [4.69, 9.17) is 26.2 Å². The maximum Gasteiger partial charge on any atom is 0.305 e. The molecule has 1 amide bonds. The number of ether oxygens (including phenoxy) is 2. The minimum Gasteiger partial charge on any atom is -0.490 e. The van der Waals surface area contributed by atoms with Crippen LogP contribution < -0.4 is 14.8 Å². The predicted molar refractivity (Wildman–Crippen MR) is 120 cm³/mol. The molecule has 2 aromatic carbocycles. The molecule has 31 heavy (non-hydrogen) atoms. The van der Waals surface area contributed by atoms with Gasteiger partial charge in [0.15, 0.2) is 16.7 Å². The van der Waals surface area contributed by atoms with E-state index in [1.165, 1.54) is 6.21 Å². The molecular weight excluding hydrogens is 442 g/mol. The Morgan fingerprint density at radius 3 is 2.71 bits per heavy atom. The van der Waals surface area contributed by atoms with Crippen molar-refractivity contribution in [3.8, 4) is 11.5 Å². The number of nitrogens with one attached hydrogen (secondary N) is 1. The van der Waals surface area contributed by atoms with E-state index < -0.39 is 11.2 Å². The van der Waals surface area contributed by atoms with Gasteiger partial charge in [0.1, 0.15) is 11.9 Å². The fourth-order valence-corrected chi connectivity index (χ4v) is 3.67. The van der Waals surface area contributed by atoms with Gasteiger partial charge in [0.05, 0.1) is 19.2 Å². The van der Waals surface area contributed by atoms with Crippen LogP contribution in [-0.2, 0) is 16.2 Å². The molecule has 2 N–H and O–H groups in total. The number of halogens is 1. The van der Waals surface area contributed by atoms with E-state index >= 15 is 0 Å². The first-order chi connectivity index (χ1) is 14.9. The molecule has 0 aliphatic carbocycles. The number of amidine groups is 1. The highest BCUT2D eigenvalue weighted by molar-refractivity contribution is 8.15. The molecule has 0 bridgehead atoms. The molecule has 0 unspecified atom stereocenters. The van der Waals surface area contributed by atoms with Crippen molar-refractivity contribution in [3.05, 3.63) is 58.6 Å². The minimum absolute atomic E-state index is 0.264. The molecule has 1 aliphatic rings. The third-order valence-electron chi connectivity index (χ3n) is 4.07. The molecule has 1 heterocycles. The van der Waals surface area contributed by atoms with Gasteiger partial charge in [0.25, 0.3) is 0 Å². The molecule has 1 atom stereocenters. The van der Waals surface area contributed by atoms with Crippen LogP contribution in [0.4, 0.5) is 0 Å². The summed E-state index contributed by atoms with van der Waals surface area (Å²) in [6.45, 7) is 2.71. The zero-order chi connectivity index (χ0) is 22.2. The summed E-state index contributed by atoms with van der Waals surface area (Å²) in [6, 6.07) is 12.8. The number of amides is 1. The van der Waals surface area contributed by atoms with E-state index in [0.717, 1.165) is 22.9 Å². The van der Waals surface area contributed by atoms with Crippen LogP contribution in [0.1, 0.15) is 24.5 Å². The maximum atomic E-state index is 11.7. The van der Waals surface area contributed by atoms with Gasteiger partial charge in [0, 0.05) is 5.02 Å². The molecule has 3 rings (SSSR count). The molecule has 0 spiro atoms. The summed E-state index contributed by atoms with van der Waals surface area (Å²) < 4.78 is 11.5. The number of nitrogens with zero attached hydrogens (tertiary/aromatic N) is 2. The second kappa shape index (κ2) is 10.8. The first-order valence-electron chi connectivity index (χ1n) is 9.39. The van der Waals surface area contributed by atoms with Gasteiger partial charge in [-0.3, -0.25) is 9.59 Å². The fraction of sp³-hybridized carbons (Fsp3) is 0.238. The number of aliphatic carboxylic acids is 1. The van der Waals surface area contributed by atoms with Crippen LogP contribution in [-0.4, -0.2) is 40.2 Å². The first-order valence-corrected chi connectivity index (χ1v) is 10.6. The summed E-state index contributed by atoms with van der Waals surface area (Å²) in [5.74, 6) is -0.269. The lowest BCUT2D eigenvalue weighted by Gasteiger charge is -2.12. The number of rotatable bonds is 9. The SMILES string of the molecule is CCOc1cc(/C=N\N=C2NC(=O)[C@H](CC(=O)O)S2)ccc1OCc1ccc(Cl)cc1. The molecule has 0 aromatic heterocycles. The Bertz CT molecular complexity index is 1010. The predicted octanol–water partition coefficient (Wildman–Crippen LogP) is 3.71. The monoisotopic (exact) mass is 461 g/mol. The van der Waals surface area contributed by atoms with Crippen molar-refractivity contribution >= 4 is 46.6 Å². The van der Waals surface area contributed by atoms with Crippen molar-refractivity contribution in [3.63, 3.8) is 0 Å².